The van der Waals surface area contributed by atoms with Gasteiger partial charge in [-0.3, -0.25) is 9.59 Å². The number of pyridine rings is 2. The number of rotatable bonds is 4. The molecule has 0 saturated carbocycles. The predicted octanol–water partition coefficient (Wildman–Crippen LogP) is 1.60. The highest BCUT2D eigenvalue weighted by Crippen LogP contribution is 2.22. The van der Waals surface area contributed by atoms with Crippen molar-refractivity contribution >= 4 is 5.91 Å². The number of aromatic amines is 1. The Labute approximate surface area is 143 Å². The molecular weight excluding hydrogens is 329 g/mol. The Hall–Kier alpha value is -2.90. The van der Waals surface area contributed by atoms with Crippen LogP contribution >= 0.6 is 0 Å². The van der Waals surface area contributed by atoms with Gasteiger partial charge in [0, 0.05) is 44.4 Å². The van der Waals surface area contributed by atoms with Gasteiger partial charge in [0.25, 0.3) is 17.3 Å². The van der Waals surface area contributed by atoms with E-state index in [2.05, 4.69) is 9.97 Å². The number of piperidine rings is 1. The maximum Gasteiger partial charge on any atom is 0.259 e. The Morgan fingerprint density at radius 1 is 1.40 bits per heavy atom. The van der Waals surface area contributed by atoms with Crippen LogP contribution in [0.4, 0.5) is 4.39 Å². The fourth-order valence-corrected chi connectivity index (χ4v) is 2.75. The van der Waals surface area contributed by atoms with Gasteiger partial charge in [-0.05, 0) is 12.1 Å². The van der Waals surface area contributed by atoms with Crippen LogP contribution < -0.4 is 15.0 Å². The van der Waals surface area contributed by atoms with E-state index in [4.69, 9.17) is 9.47 Å². The van der Waals surface area contributed by atoms with Crippen molar-refractivity contribution in [2.45, 2.75) is 18.9 Å². The van der Waals surface area contributed by atoms with Crippen molar-refractivity contribution in [3.05, 3.63) is 52.3 Å². The molecule has 0 bridgehead atoms. The molecule has 0 radical (unpaired) electrons. The molecule has 0 aliphatic carbocycles. The topological polar surface area (TPSA) is 84.5 Å². The summed E-state index contributed by atoms with van der Waals surface area (Å²) in [6.07, 6.45) is 3.75. The molecule has 0 unspecified atom stereocenters. The van der Waals surface area contributed by atoms with Crippen LogP contribution in [0.25, 0.3) is 0 Å². The van der Waals surface area contributed by atoms with Crippen LogP contribution in [0, 0.1) is 5.82 Å². The molecule has 2 aromatic rings. The van der Waals surface area contributed by atoms with Crippen LogP contribution in [0.5, 0.6) is 11.6 Å². The Morgan fingerprint density at radius 3 is 2.84 bits per heavy atom. The molecule has 1 aliphatic rings. The highest BCUT2D eigenvalue weighted by Gasteiger charge is 2.27. The molecule has 8 heteroatoms. The van der Waals surface area contributed by atoms with Gasteiger partial charge in [-0.2, -0.15) is 0 Å². The molecule has 0 atom stereocenters. The van der Waals surface area contributed by atoms with Crippen LogP contribution in [-0.4, -0.2) is 47.1 Å². The highest BCUT2D eigenvalue weighted by atomic mass is 19.1. The highest BCUT2D eigenvalue weighted by molar-refractivity contribution is 5.96. The minimum Gasteiger partial charge on any atom is -0.496 e. The largest absolute Gasteiger partial charge is 0.496 e. The molecule has 132 valence electrons. The number of hydrogen-bond donors (Lipinski definition) is 1. The van der Waals surface area contributed by atoms with Gasteiger partial charge < -0.3 is 19.4 Å². The second-order valence-electron chi connectivity index (χ2n) is 5.68. The number of carbonyl (C=O) groups excluding carboxylic acids is 1. The predicted molar refractivity (Wildman–Crippen MR) is 87.4 cm³/mol. The Balaban J connectivity index is 1.63. The van der Waals surface area contributed by atoms with E-state index in [9.17, 15) is 14.0 Å². The van der Waals surface area contributed by atoms with E-state index in [1.54, 1.807) is 4.90 Å². The number of hydrogen-bond acceptors (Lipinski definition) is 5. The number of nitrogens with one attached hydrogen (secondary N) is 1. The van der Waals surface area contributed by atoms with Crippen molar-refractivity contribution in [2.24, 2.45) is 0 Å². The van der Waals surface area contributed by atoms with Gasteiger partial charge >= 0.3 is 0 Å². The van der Waals surface area contributed by atoms with Gasteiger partial charge in [0.15, 0.2) is 5.82 Å². The number of H-pyrrole nitrogens is 1. The summed E-state index contributed by atoms with van der Waals surface area (Å²) in [5.41, 5.74) is -0.0323. The molecule has 1 N–H and O–H groups in total. The molecule has 3 rings (SSSR count). The van der Waals surface area contributed by atoms with Crippen LogP contribution in [0.1, 0.15) is 23.2 Å². The van der Waals surface area contributed by atoms with Gasteiger partial charge in [-0.25, -0.2) is 9.37 Å². The van der Waals surface area contributed by atoms with Crippen LogP contribution in [0.15, 0.2) is 35.4 Å². The Morgan fingerprint density at radius 2 is 2.16 bits per heavy atom. The molecule has 2 aromatic heterocycles. The molecule has 1 amide bonds. The monoisotopic (exact) mass is 347 g/mol. The fraction of sp³-hybridized carbons (Fsp3) is 0.353. The zero-order valence-corrected chi connectivity index (χ0v) is 13.7. The lowest BCUT2D eigenvalue weighted by Gasteiger charge is -2.32. The summed E-state index contributed by atoms with van der Waals surface area (Å²) in [6.45, 7) is 0.917. The lowest BCUT2D eigenvalue weighted by molar-refractivity contribution is 0.0576. The summed E-state index contributed by atoms with van der Waals surface area (Å²) in [5, 5.41) is 0. The van der Waals surface area contributed by atoms with Crippen molar-refractivity contribution in [1.82, 2.24) is 14.9 Å². The molecule has 0 spiro atoms. The second kappa shape index (κ2) is 7.33. The first-order chi connectivity index (χ1) is 12.1. The lowest BCUT2D eigenvalue weighted by Crippen LogP contribution is -2.42. The first-order valence-corrected chi connectivity index (χ1v) is 7.91. The summed E-state index contributed by atoms with van der Waals surface area (Å²) >= 11 is 0. The summed E-state index contributed by atoms with van der Waals surface area (Å²) in [6, 6.07) is 4.04. The van der Waals surface area contributed by atoms with Crippen molar-refractivity contribution < 1.29 is 18.7 Å². The van der Waals surface area contributed by atoms with Gasteiger partial charge in [0.2, 0.25) is 0 Å². The summed E-state index contributed by atoms with van der Waals surface area (Å²) in [4.78, 5) is 32.0. The molecular formula is C17H18FN3O4. The molecule has 1 aliphatic heterocycles. The van der Waals surface area contributed by atoms with E-state index in [1.165, 1.54) is 37.7 Å². The third-order valence-electron chi connectivity index (χ3n) is 4.07. The average Bonchev–Trinajstić information content (AvgIpc) is 2.63. The van der Waals surface area contributed by atoms with Crippen molar-refractivity contribution in [3.8, 4) is 11.6 Å². The number of carbonyl (C=O) groups is 1. The van der Waals surface area contributed by atoms with Gasteiger partial charge in [0.05, 0.1) is 12.7 Å². The third-order valence-corrected chi connectivity index (χ3v) is 4.07. The fourth-order valence-electron chi connectivity index (χ4n) is 2.75. The SMILES string of the molecule is COc1cc(=O)[nH]cc1C(=O)N1CCC(Oc2ncccc2F)CC1. The summed E-state index contributed by atoms with van der Waals surface area (Å²) in [5.74, 6) is -0.508. The molecule has 3 heterocycles. The Kier molecular flexibility index (Phi) is 4.97. The number of aromatic nitrogens is 2. The van der Waals surface area contributed by atoms with Crippen molar-refractivity contribution in [1.29, 1.82) is 0 Å². The first kappa shape index (κ1) is 16.9. The maximum atomic E-state index is 13.6. The van der Waals surface area contributed by atoms with E-state index in [0.717, 1.165) is 0 Å². The number of methoxy groups -OCH3 is 1. The van der Waals surface area contributed by atoms with Gasteiger partial charge in [0.1, 0.15) is 11.9 Å². The molecule has 0 aromatic carbocycles. The van der Waals surface area contributed by atoms with Gasteiger partial charge in [-0.1, -0.05) is 0 Å². The molecule has 1 saturated heterocycles. The first-order valence-electron chi connectivity index (χ1n) is 7.91. The van der Waals surface area contributed by atoms with Gasteiger partial charge in [-0.15, -0.1) is 0 Å². The van der Waals surface area contributed by atoms with E-state index >= 15 is 0 Å². The Bertz CT molecular complexity index is 816. The van der Waals surface area contributed by atoms with E-state index in [-0.39, 0.29) is 29.2 Å². The standard InChI is InChI=1S/C17H18FN3O4/c1-24-14-9-15(22)20-10-12(14)17(23)21-7-4-11(5-8-21)25-16-13(18)3-2-6-19-16/h2-3,6,9-11H,4-5,7-8H2,1H3,(H,20,22). The van der Waals surface area contributed by atoms with Crippen molar-refractivity contribution in [3.63, 3.8) is 0 Å². The minimum absolute atomic E-state index is 0.0189. The summed E-state index contributed by atoms with van der Waals surface area (Å²) < 4.78 is 24.3. The van der Waals surface area contributed by atoms with Crippen LogP contribution in [0.2, 0.25) is 0 Å². The normalized spacial score (nSPS) is 15.0. The van der Waals surface area contributed by atoms with E-state index < -0.39 is 5.82 Å². The van der Waals surface area contributed by atoms with Crippen LogP contribution in [0.3, 0.4) is 0 Å². The maximum absolute atomic E-state index is 13.6. The quantitative estimate of drug-likeness (QED) is 0.908. The number of halogens is 1. The average molecular weight is 347 g/mol. The number of nitrogens with zero attached hydrogens (tertiary/aromatic N) is 2. The second-order valence-corrected chi connectivity index (χ2v) is 5.68. The van der Waals surface area contributed by atoms with E-state index in [1.807, 2.05) is 0 Å². The zero-order chi connectivity index (χ0) is 17.8. The number of likely N-dealkylation sites (tertiary alicyclic amines) is 1. The zero-order valence-electron chi connectivity index (χ0n) is 13.7. The molecule has 7 nitrogen and oxygen atoms in total. The number of amides is 1. The lowest BCUT2D eigenvalue weighted by atomic mass is 10.1. The molecule has 25 heavy (non-hydrogen) atoms. The van der Waals surface area contributed by atoms with Crippen molar-refractivity contribution in [2.75, 3.05) is 20.2 Å². The van der Waals surface area contributed by atoms with Crippen LogP contribution in [-0.2, 0) is 0 Å². The summed E-state index contributed by atoms with van der Waals surface area (Å²) in [7, 11) is 1.41. The minimum atomic E-state index is -0.501. The molecule has 1 fully saturated rings. The number of ether oxygens (including phenoxy) is 2. The van der Waals surface area contributed by atoms with E-state index in [0.29, 0.717) is 31.5 Å². The third kappa shape index (κ3) is 3.78. The smallest absolute Gasteiger partial charge is 0.259 e.